The Bertz CT molecular complexity index is 1270. The molecule has 1 amide bonds. The van der Waals surface area contributed by atoms with E-state index in [1.165, 1.54) is 0 Å². The molecule has 0 spiro atoms. The Balaban J connectivity index is 1.10. The first-order valence-electron chi connectivity index (χ1n) is 13.2. The highest BCUT2D eigenvalue weighted by atomic mass is 16.5. The average Bonchev–Trinajstić information content (AvgIpc) is 3.62. The number of anilines is 2. The van der Waals surface area contributed by atoms with E-state index >= 15 is 0 Å². The summed E-state index contributed by atoms with van der Waals surface area (Å²) in [4.78, 5) is 20.1. The number of nitrogens with zero attached hydrogens (tertiary/aromatic N) is 3. The van der Waals surface area contributed by atoms with E-state index in [4.69, 9.17) is 4.74 Å². The van der Waals surface area contributed by atoms with Gasteiger partial charge in [-0.1, -0.05) is 66.7 Å². The molecule has 0 aliphatic carbocycles. The van der Waals surface area contributed by atoms with E-state index in [9.17, 15) is 4.79 Å². The Hall–Kier alpha value is -3.61. The van der Waals surface area contributed by atoms with Crippen LogP contribution in [-0.4, -0.2) is 60.2 Å². The van der Waals surface area contributed by atoms with Gasteiger partial charge in [0.05, 0.1) is 18.8 Å². The van der Waals surface area contributed by atoms with Crippen molar-refractivity contribution in [1.82, 2.24) is 9.80 Å². The predicted octanol–water partition coefficient (Wildman–Crippen LogP) is 4.86. The fourth-order valence-electron chi connectivity index (χ4n) is 6.08. The molecule has 3 atom stereocenters. The van der Waals surface area contributed by atoms with Crippen LogP contribution >= 0.6 is 0 Å². The van der Waals surface area contributed by atoms with Crippen LogP contribution in [-0.2, 0) is 9.53 Å². The minimum atomic E-state index is -0.0854. The number of aryl methyl sites for hydroxylation is 2. The number of piperazine rings is 1. The lowest BCUT2D eigenvalue weighted by Gasteiger charge is -2.37. The van der Waals surface area contributed by atoms with E-state index in [0.29, 0.717) is 18.6 Å². The summed E-state index contributed by atoms with van der Waals surface area (Å²) >= 11 is 0. The standard InChI is InChI=1S/C31H34N4O2/c1-22-10-9-11-23(2)31(22)32-29(36)19-33-17-27-16-26(33)18-34(27)20-30-35(25-14-7-4-8-15-25)28(21-37-30)24-12-5-3-6-13-24/h3-15,21,26-27,30H,16-20H2,1-2H3,(H,32,36). The van der Waals surface area contributed by atoms with Crippen LogP contribution in [0.25, 0.3) is 5.70 Å². The van der Waals surface area contributed by atoms with Gasteiger partial charge in [-0.2, -0.15) is 0 Å². The van der Waals surface area contributed by atoms with Crippen LogP contribution in [0.5, 0.6) is 0 Å². The maximum Gasteiger partial charge on any atom is 0.238 e. The predicted molar refractivity (Wildman–Crippen MR) is 148 cm³/mol. The van der Waals surface area contributed by atoms with Crippen LogP contribution in [0, 0.1) is 13.8 Å². The monoisotopic (exact) mass is 494 g/mol. The molecule has 6 heteroatoms. The molecule has 3 aromatic rings. The fourth-order valence-corrected chi connectivity index (χ4v) is 6.08. The molecule has 0 radical (unpaired) electrons. The number of amides is 1. The first-order valence-corrected chi connectivity index (χ1v) is 13.2. The van der Waals surface area contributed by atoms with E-state index in [1.54, 1.807) is 0 Å². The molecule has 2 saturated heterocycles. The molecule has 37 heavy (non-hydrogen) atoms. The van der Waals surface area contributed by atoms with E-state index in [0.717, 1.165) is 59.8 Å². The highest BCUT2D eigenvalue weighted by Crippen LogP contribution is 2.37. The molecule has 3 unspecified atom stereocenters. The van der Waals surface area contributed by atoms with E-state index < -0.39 is 0 Å². The van der Waals surface area contributed by atoms with Crippen molar-refractivity contribution in [2.75, 3.05) is 36.4 Å². The van der Waals surface area contributed by atoms with E-state index in [1.807, 2.05) is 50.4 Å². The van der Waals surface area contributed by atoms with Crippen molar-refractivity contribution in [2.45, 2.75) is 38.6 Å². The van der Waals surface area contributed by atoms with Crippen molar-refractivity contribution < 1.29 is 9.53 Å². The van der Waals surface area contributed by atoms with Gasteiger partial charge in [0.15, 0.2) is 6.23 Å². The summed E-state index contributed by atoms with van der Waals surface area (Å²) in [6.07, 6.45) is 2.93. The van der Waals surface area contributed by atoms with Crippen LogP contribution in [0.1, 0.15) is 23.1 Å². The van der Waals surface area contributed by atoms with E-state index in [2.05, 4.69) is 68.5 Å². The molecule has 1 N–H and O–H groups in total. The van der Waals surface area contributed by atoms with Gasteiger partial charge in [0, 0.05) is 42.1 Å². The quantitative estimate of drug-likeness (QED) is 0.508. The van der Waals surface area contributed by atoms with Gasteiger partial charge in [-0.05, 0) is 43.5 Å². The Morgan fingerprint density at radius 2 is 1.51 bits per heavy atom. The van der Waals surface area contributed by atoms with Gasteiger partial charge in [0.25, 0.3) is 0 Å². The lowest BCUT2D eigenvalue weighted by atomic mass is 10.1. The number of carbonyl (C=O) groups excluding carboxylic acids is 1. The molecule has 3 aromatic carbocycles. The van der Waals surface area contributed by atoms with Crippen molar-refractivity contribution in [1.29, 1.82) is 0 Å². The molecule has 3 heterocycles. The topological polar surface area (TPSA) is 48.1 Å². The second kappa shape index (κ2) is 10.0. The number of hydrogen-bond donors (Lipinski definition) is 1. The third-order valence-electron chi connectivity index (χ3n) is 7.94. The molecule has 3 aliphatic heterocycles. The number of ether oxygens (including phenoxy) is 1. The van der Waals surface area contributed by atoms with Gasteiger partial charge in [0.2, 0.25) is 5.91 Å². The van der Waals surface area contributed by atoms with Crippen LogP contribution in [0.3, 0.4) is 0 Å². The number of nitrogens with one attached hydrogen (secondary N) is 1. The molecule has 0 saturated carbocycles. The van der Waals surface area contributed by atoms with Gasteiger partial charge in [-0.3, -0.25) is 14.6 Å². The highest BCUT2D eigenvalue weighted by Gasteiger charge is 2.45. The summed E-state index contributed by atoms with van der Waals surface area (Å²) in [5.41, 5.74) is 6.52. The van der Waals surface area contributed by atoms with Crippen LogP contribution < -0.4 is 10.2 Å². The van der Waals surface area contributed by atoms with Gasteiger partial charge in [-0.15, -0.1) is 0 Å². The minimum absolute atomic E-state index is 0.0718. The number of para-hydroxylation sites is 2. The Morgan fingerprint density at radius 3 is 2.19 bits per heavy atom. The molecule has 190 valence electrons. The molecule has 0 aromatic heterocycles. The lowest BCUT2D eigenvalue weighted by molar-refractivity contribution is -0.117. The molecular weight excluding hydrogens is 460 g/mol. The number of benzene rings is 3. The SMILES string of the molecule is Cc1cccc(C)c1NC(=O)CN1CC2CC1CN2CC1OC=C(c2ccccc2)N1c1ccccc1. The Labute approximate surface area is 219 Å². The highest BCUT2D eigenvalue weighted by molar-refractivity contribution is 5.93. The number of hydrogen-bond acceptors (Lipinski definition) is 5. The second-order valence-corrected chi connectivity index (χ2v) is 10.4. The minimum Gasteiger partial charge on any atom is -0.474 e. The zero-order chi connectivity index (χ0) is 25.4. The summed E-state index contributed by atoms with van der Waals surface area (Å²) in [5.74, 6) is 0.0718. The smallest absolute Gasteiger partial charge is 0.238 e. The van der Waals surface area contributed by atoms with Gasteiger partial charge < -0.3 is 15.0 Å². The fraction of sp³-hybridized carbons (Fsp3) is 0.323. The number of likely N-dealkylation sites (tertiary alicyclic amines) is 2. The van der Waals surface area contributed by atoms with Gasteiger partial charge >= 0.3 is 0 Å². The van der Waals surface area contributed by atoms with Crippen molar-refractivity contribution in [3.63, 3.8) is 0 Å². The Kier molecular flexibility index (Phi) is 6.45. The first-order chi connectivity index (χ1) is 18.1. The van der Waals surface area contributed by atoms with Gasteiger partial charge in [0.1, 0.15) is 6.26 Å². The summed E-state index contributed by atoms with van der Waals surface area (Å²) in [6, 6.07) is 27.9. The molecule has 2 fully saturated rings. The van der Waals surface area contributed by atoms with Crippen molar-refractivity contribution in [2.24, 2.45) is 0 Å². The Morgan fingerprint density at radius 1 is 0.865 bits per heavy atom. The summed E-state index contributed by atoms with van der Waals surface area (Å²) in [7, 11) is 0. The van der Waals surface area contributed by atoms with Crippen LogP contribution in [0.2, 0.25) is 0 Å². The summed E-state index contributed by atoms with van der Waals surface area (Å²) in [5, 5.41) is 3.15. The first kappa shape index (κ1) is 23.8. The van der Waals surface area contributed by atoms with Crippen molar-refractivity contribution in [3.05, 3.63) is 102 Å². The largest absolute Gasteiger partial charge is 0.474 e. The number of rotatable bonds is 7. The second-order valence-electron chi connectivity index (χ2n) is 10.4. The average molecular weight is 495 g/mol. The molecule has 6 nitrogen and oxygen atoms in total. The van der Waals surface area contributed by atoms with E-state index in [-0.39, 0.29) is 12.1 Å². The number of carbonyl (C=O) groups is 1. The molecule has 3 aliphatic rings. The van der Waals surface area contributed by atoms with Crippen molar-refractivity contribution >= 4 is 23.0 Å². The molecule has 2 bridgehead atoms. The third-order valence-corrected chi connectivity index (χ3v) is 7.94. The summed E-state index contributed by atoms with van der Waals surface area (Å²) < 4.78 is 6.28. The zero-order valence-electron chi connectivity index (χ0n) is 21.5. The van der Waals surface area contributed by atoms with Crippen LogP contribution in [0.4, 0.5) is 11.4 Å². The van der Waals surface area contributed by atoms with Gasteiger partial charge in [-0.25, -0.2) is 0 Å². The normalized spacial score (nSPS) is 23.2. The third kappa shape index (κ3) is 4.75. The van der Waals surface area contributed by atoms with Crippen LogP contribution in [0.15, 0.2) is 85.1 Å². The zero-order valence-corrected chi connectivity index (χ0v) is 21.5. The maximum absolute atomic E-state index is 12.9. The maximum atomic E-state index is 12.9. The number of fused-ring (bicyclic) bond motifs is 2. The molecular formula is C31H34N4O2. The summed E-state index contributed by atoms with van der Waals surface area (Å²) in [6.45, 7) is 7.23. The molecule has 6 rings (SSSR count). The van der Waals surface area contributed by atoms with Crippen molar-refractivity contribution in [3.8, 4) is 0 Å². The lowest BCUT2D eigenvalue weighted by Crippen LogP contribution is -2.52.